The molecule has 0 spiro atoms. The molecule has 0 aliphatic carbocycles. The summed E-state index contributed by atoms with van der Waals surface area (Å²) in [5, 5.41) is 11.5. The Kier molecular flexibility index (Phi) is 7.04. The van der Waals surface area contributed by atoms with Gasteiger partial charge in [-0.1, -0.05) is 17.9 Å². The number of carbonyl (C=O) groups excluding carboxylic acids is 2. The molecule has 3 rings (SSSR count). The number of hydrogen-bond donors (Lipinski definition) is 5. The van der Waals surface area contributed by atoms with Crippen molar-refractivity contribution in [2.75, 3.05) is 5.73 Å². The molecule has 0 saturated carbocycles. The minimum absolute atomic E-state index is 0.146. The second kappa shape index (κ2) is 10.3. The number of nitrogens with one attached hydrogen (secondary N) is 3. The average Bonchev–Trinajstić information content (AvgIpc) is 3.29. The van der Waals surface area contributed by atoms with E-state index in [0.29, 0.717) is 22.5 Å². The summed E-state index contributed by atoms with van der Waals surface area (Å²) in [7, 11) is 0. The zero-order valence-corrected chi connectivity index (χ0v) is 16.3. The van der Waals surface area contributed by atoms with Gasteiger partial charge < -0.3 is 16.0 Å². The van der Waals surface area contributed by atoms with Gasteiger partial charge in [-0.25, -0.2) is 10.5 Å². The van der Waals surface area contributed by atoms with Crippen LogP contribution in [0.3, 0.4) is 0 Å². The van der Waals surface area contributed by atoms with Gasteiger partial charge in [-0.3, -0.25) is 14.8 Å². The number of benzene rings is 2. The van der Waals surface area contributed by atoms with E-state index in [1.165, 1.54) is 12.5 Å². The van der Waals surface area contributed by atoms with E-state index in [-0.39, 0.29) is 6.42 Å². The molecule has 154 valence electrons. The molecule has 6 N–H and O–H groups in total. The molecule has 1 unspecified atom stereocenters. The van der Waals surface area contributed by atoms with Crippen LogP contribution in [0.15, 0.2) is 61.1 Å². The van der Waals surface area contributed by atoms with Crippen LogP contribution in [0.2, 0.25) is 0 Å². The van der Waals surface area contributed by atoms with E-state index in [2.05, 4.69) is 39.0 Å². The summed E-state index contributed by atoms with van der Waals surface area (Å²) in [5.41, 5.74) is 10.3. The number of nitrogen functional groups attached to an aromatic ring is 1. The lowest BCUT2D eigenvalue weighted by Crippen LogP contribution is -2.47. The highest BCUT2D eigenvalue weighted by molar-refractivity contribution is 5.97. The van der Waals surface area contributed by atoms with Gasteiger partial charge in [0, 0.05) is 40.7 Å². The van der Waals surface area contributed by atoms with Crippen molar-refractivity contribution >= 4 is 17.5 Å². The number of nitrogens with zero attached hydrogens (tertiary/aromatic N) is 1. The third-order valence-corrected chi connectivity index (χ3v) is 4.22. The lowest BCUT2D eigenvalue weighted by atomic mass is 10.1. The molecule has 0 saturated heterocycles. The quantitative estimate of drug-likeness (QED) is 0.186. The number of amides is 2. The first-order valence-corrected chi connectivity index (χ1v) is 9.25. The standard InChI is InChI=1S/C23H19N5O3/c24-19-7-3-6-17(12-19)5-2-1-4-16-8-10-18(11-9-16)22(29)27-21(23(30)28-31)13-20-14-25-15-26-20/h3,6-12,14-15,21,31H,13,24H2,(H,25,26)(H,27,29)(H,28,30). The topological polar surface area (TPSA) is 133 Å². The first-order valence-electron chi connectivity index (χ1n) is 9.25. The van der Waals surface area contributed by atoms with Gasteiger partial charge in [-0.2, -0.15) is 0 Å². The van der Waals surface area contributed by atoms with Crippen molar-refractivity contribution in [1.82, 2.24) is 20.8 Å². The lowest BCUT2D eigenvalue weighted by Gasteiger charge is -2.16. The number of H-pyrrole nitrogens is 1. The molecule has 8 nitrogen and oxygen atoms in total. The second-order valence-electron chi connectivity index (χ2n) is 6.49. The number of imidazole rings is 1. The smallest absolute Gasteiger partial charge is 0.266 e. The van der Waals surface area contributed by atoms with E-state index in [9.17, 15) is 9.59 Å². The van der Waals surface area contributed by atoms with Crippen LogP contribution in [0, 0.1) is 23.7 Å². The van der Waals surface area contributed by atoms with E-state index >= 15 is 0 Å². The summed E-state index contributed by atoms with van der Waals surface area (Å²) in [4.78, 5) is 31.1. The molecule has 0 aliphatic heterocycles. The summed E-state index contributed by atoms with van der Waals surface area (Å²) in [5.74, 6) is 10.1. The van der Waals surface area contributed by atoms with Crippen molar-refractivity contribution in [1.29, 1.82) is 0 Å². The van der Waals surface area contributed by atoms with E-state index in [1.807, 2.05) is 12.1 Å². The van der Waals surface area contributed by atoms with Crippen LogP contribution in [-0.2, 0) is 11.2 Å². The molecule has 1 atom stereocenters. The maximum absolute atomic E-state index is 12.5. The fourth-order valence-electron chi connectivity index (χ4n) is 2.67. The Hall–Kier alpha value is -4.53. The maximum Gasteiger partial charge on any atom is 0.266 e. The van der Waals surface area contributed by atoms with E-state index in [1.54, 1.807) is 41.9 Å². The van der Waals surface area contributed by atoms with Gasteiger partial charge in [-0.05, 0) is 54.3 Å². The maximum atomic E-state index is 12.5. The van der Waals surface area contributed by atoms with Crippen molar-refractivity contribution in [3.8, 4) is 23.7 Å². The highest BCUT2D eigenvalue weighted by atomic mass is 16.5. The van der Waals surface area contributed by atoms with Gasteiger partial charge >= 0.3 is 0 Å². The zero-order chi connectivity index (χ0) is 22.1. The van der Waals surface area contributed by atoms with Crippen LogP contribution in [0.1, 0.15) is 27.2 Å². The van der Waals surface area contributed by atoms with E-state index in [4.69, 9.17) is 10.9 Å². The number of nitrogens with two attached hydrogens (primary N) is 1. The largest absolute Gasteiger partial charge is 0.399 e. The second-order valence-corrected chi connectivity index (χ2v) is 6.49. The normalized spacial score (nSPS) is 10.6. The molecule has 2 amide bonds. The Balaban J connectivity index is 1.64. The highest BCUT2D eigenvalue weighted by Crippen LogP contribution is 2.06. The third-order valence-electron chi connectivity index (χ3n) is 4.22. The predicted molar refractivity (Wildman–Crippen MR) is 115 cm³/mol. The van der Waals surface area contributed by atoms with Crippen LogP contribution in [0.25, 0.3) is 0 Å². The van der Waals surface area contributed by atoms with Crippen LogP contribution in [-0.4, -0.2) is 33.0 Å². The minimum atomic E-state index is -0.972. The zero-order valence-electron chi connectivity index (χ0n) is 16.3. The molecule has 1 heterocycles. The predicted octanol–water partition coefficient (Wildman–Crippen LogP) is 1.24. The number of carbonyl (C=O) groups is 2. The van der Waals surface area contributed by atoms with Gasteiger partial charge in [0.25, 0.3) is 11.8 Å². The average molecular weight is 413 g/mol. The third kappa shape index (κ3) is 6.23. The van der Waals surface area contributed by atoms with Crippen molar-refractivity contribution in [3.05, 3.63) is 83.4 Å². The first-order chi connectivity index (χ1) is 15.0. The molecule has 1 aromatic heterocycles. The Morgan fingerprint density at radius 1 is 1.10 bits per heavy atom. The Labute approximate surface area is 178 Å². The molecule has 0 fully saturated rings. The van der Waals surface area contributed by atoms with Crippen molar-refractivity contribution in [2.45, 2.75) is 12.5 Å². The van der Waals surface area contributed by atoms with Crippen molar-refractivity contribution < 1.29 is 14.8 Å². The van der Waals surface area contributed by atoms with Crippen molar-refractivity contribution in [3.63, 3.8) is 0 Å². The molecular formula is C23H19N5O3. The number of rotatable bonds is 5. The van der Waals surface area contributed by atoms with Crippen LogP contribution < -0.4 is 16.5 Å². The number of hydroxylamine groups is 1. The lowest BCUT2D eigenvalue weighted by molar-refractivity contribution is -0.131. The summed E-state index contributed by atoms with van der Waals surface area (Å²) in [6, 6.07) is 12.8. The first kappa shape index (κ1) is 21.2. The fraction of sp³-hybridized carbons (Fsp3) is 0.0870. The SMILES string of the molecule is Nc1cccc(C#CC#Cc2ccc(C(=O)NC(Cc3cnc[nH]3)C(=O)NO)cc2)c1. The minimum Gasteiger partial charge on any atom is -0.399 e. The van der Waals surface area contributed by atoms with Gasteiger partial charge in [0.1, 0.15) is 6.04 Å². The van der Waals surface area contributed by atoms with Crippen LogP contribution in [0.4, 0.5) is 5.69 Å². The number of anilines is 1. The number of aromatic nitrogens is 2. The summed E-state index contributed by atoms with van der Waals surface area (Å²) < 4.78 is 0. The summed E-state index contributed by atoms with van der Waals surface area (Å²) in [6.45, 7) is 0. The van der Waals surface area contributed by atoms with Crippen molar-refractivity contribution in [2.24, 2.45) is 0 Å². The Bertz CT molecular complexity index is 1180. The monoisotopic (exact) mass is 413 g/mol. The summed E-state index contributed by atoms with van der Waals surface area (Å²) >= 11 is 0. The number of hydrogen-bond acceptors (Lipinski definition) is 5. The van der Waals surface area contributed by atoms with Gasteiger partial charge in [-0.15, -0.1) is 0 Å². The molecule has 0 aliphatic rings. The summed E-state index contributed by atoms with van der Waals surface area (Å²) in [6.07, 6.45) is 3.14. The van der Waals surface area contributed by atoms with Crippen LogP contribution >= 0.6 is 0 Å². The molecular weight excluding hydrogens is 394 g/mol. The van der Waals surface area contributed by atoms with E-state index < -0.39 is 17.9 Å². The highest BCUT2D eigenvalue weighted by Gasteiger charge is 2.22. The van der Waals surface area contributed by atoms with Gasteiger partial charge in [0.2, 0.25) is 0 Å². The molecule has 0 bridgehead atoms. The van der Waals surface area contributed by atoms with Gasteiger partial charge in [0.05, 0.1) is 6.33 Å². The molecule has 8 heteroatoms. The molecule has 3 aromatic rings. The van der Waals surface area contributed by atoms with E-state index in [0.717, 1.165) is 5.56 Å². The Morgan fingerprint density at radius 3 is 2.48 bits per heavy atom. The van der Waals surface area contributed by atoms with Gasteiger partial charge in [0.15, 0.2) is 0 Å². The molecule has 2 aromatic carbocycles. The Morgan fingerprint density at radius 2 is 1.84 bits per heavy atom. The number of aromatic amines is 1. The molecule has 31 heavy (non-hydrogen) atoms. The molecule has 0 radical (unpaired) electrons. The fourth-order valence-corrected chi connectivity index (χ4v) is 2.67. The van der Waals surface area contributed by atoms with Crippen LogP contribution in [0.5, 0.6) is 0 Å².